The molecule has 0 N–H and O–H groups in total. The molecule has 30 heavy (non-hydrogen) atoms. The predicted molar refractivity (Wildman–Crippen MR) is 104 cm³/mol. The Kier molecular flexibility index (Phi) is 31.7. The molecule has 1 aromatic carbocycles. The van der Waals surface area contributed by atoms with Crippen LogP contribution in [-0.2, 0) is 56.1 Å². The Hall–Kier alpha value is -2.08. The summed E-state index contributed by atoms with van der Waals surface area (Å²) < 4.78 is 45.2. The molecule has 9 heteroatoms. The second-order valence-electron chi connectivity index (χ2n) is 4.80. The number of hydrogen-bond acceptors (Lipinski definition) is 4. The van der Waals surface area contributed by atoms with Gasteiger partial charge in [0.05, 0.1) is 16.9 Å². The summed E-state index contributed by atoms with van der Waals surface area (Å²) in [4.78, 5) is 11.6. The molecule has 0 fully saturated rings. The SMILES string of the molecule is C=CC[C@@H](OCOC)C(/C=C\[S@@](=O)c1ccc(C)cc1)=C\C=O.[C-]#[O+].[C-]#[O+].[C-]#[O+].[Fe]. The summed E-state index contributed by atoms with van der Waals surface area (Å²) in [5.41, 5.74) is 1.73. The van der Waals surface area contributed by atoms with Crippen molar-refractivity contribution in [3.8, 4) is 0 Å². The first-order chi connectivity index (χ1) is 14.1. The summed E-state index contributed by atoms with van der Waals surface area (Å²) in [6.07, 6.45) is 5.57. The van der Waals surface area contributed by atoms with Gasteiger partial charge in [-0.25, -0.2) is 4.21 Å². The molecular formula is C21H22FeO7S. The second-order valence-corrected chi connectivity index (χ2v) is 6.14. The minimum Gasteiger partial charge on any atom is 0 e. The molecule has 1 rings (SSSR count). The minimum atomic E-state index is -1.29. The summed E-state index contributed by atoms with van der Waals surface area (Å²) in [6.45, 7) is 19.3. The van der Waals surface area contributed by atoms with Gasteiger partial charge in [-0.1, -0.05) is 23.8 Å². The molecule has 0 radical (unpaired) electrons. The molecule has 0 spiro atoms. The molecule has 0 unspecified atom stereocenters. The van der Waals surface area contributed by atoms with Crippen molar-refractivity contribution in [3.63, 3.8) is 0 Å². The number of benzene rings is 1. The van der Waals surface area contributed by atoms with Crippen LogP contribution in [0.25, 0.3) is 0 Å². The molecule has 0 bridgehead atoms. The third-order valence-electron chi connectivity index (χ3n) is 3.04. The number of carbonyl (C=O) groups is 1. The van der Waals surface area contributed by atoms with Crippen molar-refractivity contribution >= 4 is 17.1 Å². The van der Waals surface area contributed by atoms with Gasteiger partial charge in [0.1, 0.15) is 13.1 Å². The first kappa shape index (κ1) is 35.4. The molecule has 0 heterocycles. The topological polar surface area (TPSA) is 112 Å². The van der Waals surface area contributed by atoms with E-state index in [1.807, 2.05) is 31.2 Å². The van der Waals surface area contributed by atoms with Crippen LogP contribution in [0.3, 0.4) is 0 Å². The summed E-state index contributed by atoms with van der Waals surface area (Å²) in [6, 6.07) is 7.46. The van der Waals surface area contributed by atoms with E-state index in [-0.39, 0.29) is 30.0 Å². The summed E-state index contributed by atoms with van der Waals surface area (Å²) in [5, 5.41) is 1.55. The Morgan fingerprint density at radius 1 is 1.17 bits per heavy atom. The Morgan fingerprint density at radius 3 is 2.13 bits per heavy atom. The average Bonchev–Trinajstić information content (AvgIpc) is 2.78. The Bertz CT molecular complexity index is 705. The van der Waals surface area contributed by atoms with Gasteiger partial charge in [-0.2, -0.15) is 0 Å². The van der Waals surface area contributed by atoms with Crippen molar-refractivity contribution in [2.45, 2.75) is 24.3 Å². The monoisotopic (exact) mass is 474 g/mol. The van der Waals surface area contributed by atoms with Crippen molar-refractivity contribution in [2.75, 3.05) is 13.9 Å². The third kappa shape index (κ3) is 16.8. The predicted octanol–water partition coefficient (Wildman–Crippen LogP) is 3.19. The smallest absolute Gasteiger partial charge is 0 e. The van der Waals surface area contributed by atoms with Gasteiger partial charge in [-0.05, 0) is 43.2 Å². The number of ether oxygens (including phenoxy) is 2. The average molecular weight is 474 g/mol. The van der Waals surface area contributed by atoms with Crippen molar-refractivity contribution in [2.24, 2.45) is 0 Å². The van der Waals surface area contributed by atoms with E-state index in [1.165, 1.54) is 13.2 Å². The van der Waals surface area contributed by atoms with Crippen LogP contribution < -0.4 is 0 Å². The van der Waals surface area contributed by atoms with Crippen LogP contribution in [-0.4, -0.2) is 30.5 Å². The zero-order chi connectivity index (χ0) is 23.1. The van der Waals surface area contributed by atoms with Gasteiger partial charge in [-0.3, -0.25) is 4.79 Å². The van der Waals surface area contributed by atoms with Gasteiger partial charge in [0.25, 0.3) is 0 Å². The molecule has 1 aromatic rings. The van der Waals surface area contributed by atoms with E-state index in [4.69, 9.17) is 23.4 Å². The van der Waals surface area contributed by atoms with Gasteiger partial charge in [0.2, 0.25) is 0 Å². The van der Waals surface area contributed by atoms with Gasteiger partial charge in [-0.15, -0.1) is 6.58 Å². The van der Waals surface area contributed by atoms with Gasteiger partial charge < -0.3 is 9.47 Å². The van der Waals surface area contributed by atoms with E-state index in [0.717, 1.165) is 5.56 Å². The molecule has 0 amide bonds. The van der Waals surface area contributed by atoms with E-state index in [0.29, 0.717) is 23.2 Å². The number of hydrogen-bond donors (Lipinski definition) is 0. The molecule has 0 aliphatic carbocycles. The number of methoxy groups -OCH3 is 1. The van der Waals surface area contributed by atoms with E-state index >= 15 is 0 Å². The first-order valence-corrected chi connectivity index (χ1v) is 8.97. The fraction of sp³-hybridized carbons (Fsp3) is 0.238. The quantitative estimate of drug-likeness (QED) is 0.0758. The van der Waals surface area contributed by atoms with Gasteiger partial charge in [0.15, 0.2) is 0 Å². The van der Waals surface area contributed by atoms with E-state index < -0.39 is 10.8 Å². The van der Waals surface area contributed by atoms with Crippen LogP contribution in [0.5, 0.6) is 0 Å². The van der Waals surface area contributed by atoms with E-state index in [1.54, 1.807) is 17.6 Å². The Morgan fingerprint density at radius 2 is 1.70 bits per heavy atom. The van der Waals surface area contributed by atoms with Crippen LogP contribution in [0.1, 0.15) is 12.0 Å². The van der Waals surface area contributed by atoms with Crippen molar-refractivity contribution in [3.05, 3.63) is 85.6 Å². The fourth-order valence-corrected chi connectivity index (χ4v) is 2.68. The van der Waals surface area contributed by atoms with Gasteiger partial charge in [0, 0.05) is 34.5 Å². The molecule has 0 aliphatic rings. The maximum Gasteiger partial charge on any atom is 0 e. The van der Waals surface area contributed by atoms with E-state index in [2.05, 4.69) is 26.5 Å². The summed E-state index contributed by atoms with van der Waals surface area (Å²) in [7, 11) is 0.232. The normalized spacial score (nSPS) is 11.4. The number of carbonyl (C=O) groups excluding carboxylic acids is 1. The number of allylic oxidation sites excluding steroid dienone is 1. The maximum absolute atomic E-state index is 12.3. The third-order valence-corrected chi connectivity index (χ3v) is 4.16. The van der Waals surface area contributed by atoms with Gasteiger partial charge >= 0.3 is 33.9 Å². The van der Waals surface area contributed by atoms with Crippen LogP contribution in [0, 0.1) is 26.9 Å². The molecule has 2 atom stereocenters. The molecular weight excluding hydrogens is 452 g/mol. The largest absolute Gasteiger partial charge is 0 e. The van der Waals surface area contributed by atoms with Crippen molar-refractivity contribution in [1.82, 2.24) is 0 Å². The summed E-state index contributed by atoms with van der Waals surface area (Å²) >= 11 is 0. The summed E-state index contributed by atoms with van der Waals surface area (Å²) in [5.74, 6) is 0. The number of rotatable bonds is 10. The number of aryl methyl sites for hydroxylation is 1. The van der Waals surface area contributed by atoms with Crippen LogP contribution >= 0.6 is 0 Å². The minimum absolute atomic E-state index is 0. The molecule has 0 aromatic heterocycles. The van der Waals surface area contributed by atoms with Crippen LogP contribution in [0.2, 0.25) is 0 Å². The Balaban J connectivity index is -0.000000441. The van der Waals surface area contributed by atoms with Crippen molar-refractivity contribution in [1.29, 1.82) is 0 Å². The first-order valence-electron chi connectivity index (χ1n) is 7.75. The van der Waals surface area contributed by atoms with Crippen molar-refractivity contribution < 1.29 is 49.5 Å². The second kappa shape index (κ2) is 26.9. The fourth-order valence-electron chi connectivity index (χ4n) is 1.84. The maximum atomic E-state index is 12.3. The zero-order valence-corrected chi connectivity index (χ0v) is 18.4. The number of aldehydes is 1. The Labute approximate surface area is 190 Å². The zero-order valence-electron chi connectivity index (χ0n) is 16.5. The molecule has 162 valence electrons. The molecule has 0 saturated carbocycles. The standard InChI is InChI=1S/C18H22O4S.3CO.Fe/c1-4-5-18(22-14-21-3)16(10-12-19)11-13-23(20)17-8-6-15(2)7-9-17;3*1-2;/h4,6-13,18H,1,5,14H2,2-3H3;;;;/b13-11-,16-10-;;;;/t18-,23-;;;;/m1..../s1. The van der Waals surface area contributed by atoms with Crippen LogP contribution in [0.4, 0.5) is 0 Å². The molecule has 0 aliphatic heterocycles. The van der Waals surface area contributed by atoms with Crippen LogP contribution in [0.15, 0.2) is 64.9 Å². The molecule has 7 nitrogen and oxygen atoms in total. The molecule has 0 saturated heterocycles. The van der Waals surface area contributed by atoms with E-state index in [9.17, 15) is 9.00 Å².